The zero-order valence-corrected chi connectivity index (χ0v) is 14.5. The minimum Gasteiger partial charge on any atom is -0.460 e. The zero-order valence-electron chi connectivity index (χ0n) is 13.7. The van der Waals surface area contributed by atoms with Gasteiger partial charge >= 0.3 is 17.3 Å². The second kappa shape index (κ2) is 7.42. The number of hydrogen-bond acceptors (Lipinski definition) is 5. The number of benzene rings is 1. The highest BCUT2D eigenvalue weighted by atomic mass is 32.2. The molecule has 0 saturated carbocycles. The molecule has 0 spiro atoms. The molecule has 1 aliphatic rings. The summed E-state index contributed by atoms with van der Waals surface area (Å²) in [5.74, 6) is 0.212. The van der Waals surface area contributed by atoms with Crippen LogP contribution in [0.4, 0.5) is 0 Å². The Bertz CT molecular complexity index is 597. The average molecular weight is 341 g/mol. The normalized spacial score (nSPS) is 16.5. The standard InChI is InChI=1S/C16H23NO5S/c1-16(2,3)21-15(18)7-9-17-8-6-12-10-14(22-23(19)20)5-4-13(12)11-17/h4-5,10H,6-9,11H2,1-3H3,(H,19,20). The molecule has 1 aromatic rings. The topological polar surface area (TPSA) is 76.1 Å². The summed E-state index contributed by atoms with van der Waals surface area (Å²) < 4.78 is 29.5. The molecular formula is C16H23NO5S. The van der Waals surface area contributed by atoms with Crippen LogP contribution in [0.3, 0.4) is 0 Å². The summed E-state index contributed by atoms with van der Waals surface area (Å²) in [5, 5.41) is 0. The number of nitrogens with zero attached hydrogens (tertiary/aromatic N) is 1. The van der Waals surface area contributed by atoms with Crippen molar-refractivity contribution in [2.24, 2.45) is 0 Å². The Kier molecular flexibility index (Phi) is 5.78. The van der Waals surface area contributed by atoms with Crippen LogP contribution < -0.4 is 4.18 Å². The Balaban J connectivity index is 1.88. The van der Waals surface area contributed by atoms with E-state index in [1.807, 2.05) is 26.8 Å². The Labute approximate surface area is 139 Å². The van der Waals surface area contributed by atoms with E-state index in [4.69, 9.17) is 13.5 Å². The van der Waals surface area contributed by atoms with Gasteiger partial charge in [-0.3, -0.25) is 14.2 Å². The van der Waals surface area contributed by atoms with Gasteiger partial charge in [0.15, 0.2) is 0 Å². The summed E-state index contributed by atoms with van der Waals surface area (Å²) >= 11 is -2.30. The van der Waals surface area contributed by atoms with Crippen LogP contribution in [0.15, 0.2) is 18.2 Å². The first-order valence-electron chi connectivity index (χ1n) is 7.58. The van der Waals surface area contributed by atoms with Crippen molar-refractivity contribution in [3.05, 3.63) is 29.3 Å². The molecule has 2 rings (SSSR count). The van der Waals surface area contributed by atoms with Crippen molar-refractivity contribution < 1.29 is 22.5 Å². The Morgan fingerprint density at radius 1 is 1.35 bits per heavy atom. The van der Waals surface area contributed by atoms with E-state index in [2.05, 4.69) is 4.90 Å². The van der Waals surface area contributed by atoms with Crippen LogP contribution >= 0.6 is 0 Å². The van der Waals surface area contributed by atoms with Gasteiger partial charge in [0.25, 0.3) is 0 Å². The molecule has 1 aliphatic heterocycles. The first-order valence-corrected chi connectivity index (χ1v) is 8.61. The smallest absolute Gasteiger partial charge is 0.357 e. The summed E-state index contributed by atoms with van der Waals surface area (Å²) in [5.41, 5.74) is 1.81. The number of carbonyl (C=O) groups is 1. The molecule has 23 heavy (non-hydrogen) atoms. The van der Waals surface area contributed by atoms with Crippen LogP contribution in [0.5, 0.6) is 5.75 Å². The van der Waals surface area contributed by atoms with Crippen molar-refractivity contribution in [1.29, 1.82) is 0 Å². The molecule has 0 fully saturated rings. The molecule has 6 nitrogen and oxygen atoms in total. The van der Waals surface area contributed by atoms with Crippen LogP contribution in [0.1, 0.15) is 38.3 Å². The van der Waals surface area contributed by atoms with E-state index >= 15 is 0 Å². The Morgan fingerprint density at radius 2 is 2.09 bits per heavy atom. The van der Waals surface area contributed by atoms with Gasteiger partial charge in [0.1, 0.15) is 11.4 Å². The summed E-state index contributed by atoms with van der Waals surface area (Å²) in [6, 6.07) is 5.39. The molecule has 0 bridgehead atoms. The highest BCUT2D eigenvalue weighted by Crippen LogP contribution is 2.24. The van der Waals surface area contributed by atoms with E-state index in [9.17, 15) is 9.00 Å². The van der Waals surface area contributed by atoms with Gasteiger partial charge in [-0.15, -0.1) is 0 Å². The highest BCUT2D eigenvalue weighted by Gasteiger charge is 2.20. The van der Waals surface area contributed by atoms with Gasteiger partial charge in [-0.25, -0.2) is 0 Å². The first-order chi connectivity index (χ1) is 10.7. The Hall–Kier alpha value is -1.44. The third-order valence-corrected chi connectivity index (χ3v) is 3.82. The number of esters is 1. The summed E-state index contributed by atoms with van der Waals surface area (Å²) in [6.45, 7) is 7.83. The maximum absolute atomic E-state index is 11.8. The van der Waals surface area contributed by atoms with Gasteiger partial charge in [-0.2, -0.15) is 4.21 Å². The average Bonchev–Trinajstić information content (AvgIpc) is 2.42. The van der Waals surface area contributed by atoms with Gasteiger partial charge in [0, 0.05) is 19.6 Å². The van der Waals surface area contributed by atoms with Crippen molar-refractivity contribution in [3.63, 3.8) is 0 Å². The quantitative estimate of drug-likeness (QED) is 0.654. The van der Waals surface area contributed by atoms with Crippen LogP contribution in [-0.4, -0.2) is 38.3 Å². The summed E-state index contributed by atoms with van der Waals surface area (Å²) in [4.78, 5) is 14.0. The van der Waals surface area contributed by atoms with Crippen molar-refractivity contribution in [3.8, 4) is 5.75 Å². The van der Waals surface area contributed by atoms with Crippen molar-refractivity contribution >= 4 is 17.3 Å². The van der Waals surface area contributed by atoms with Crippen LogP contribution in [-0.2, 0) is 33.9 Å². The molecule has 1 N–H and O–H groups in total. The largest absolute Gasteiger partial charge is 0.460 e. The minimum atomic E-state index is -2.30. The number of fused-ring (bicyclic) bond motifs is 1. The molecule has 0 radical (unpaired) electrons. The Morgan fingerprint density at radius 3 is 2.74 bits per heavy atom. The number of hydrogen-bond donors (Lipinski definition) is 1. The number of ether oxygens (including phenoxy) is 1. The number of carbonyl (C=O) groups excluding carboxylic acids is 1. The van der Waals surface area contributed by atoms with Gasteiger partial charge in [-0.1, -0.05) is 6.07 Å². The molecule has 0 aliphatic carbocycles. The highest BCUT2D eigenvalue weighted by molar-refractivity contribution is 7.74. The summed E-state index contributed by atoms with van der Waals surface area (Å²) in [6.07, 6.45) is 1.19. The first kappa shape index (κ1) is 17.9. The fourth-order valence-electron chi connectivity index (χ4n) is 2.55. The molecule has 1 aromatic carbocycles. The molecule has 7 heteroatoms. The molecule has 1 heterocycles. The monoisotopic (exact) mass is 341 g/mol. The second-order valence-corrected chi connectivity index (χ2v) is 7.19. The van der Waals surface area contributed by atoms with E-state index in [-0.39, 0.29) is 5.97 Å². The predicted molar refractivity (Wildman–Crippen MR) is 87.3 cm³/mol. The number of rotatable bonds is 5. The van der Waals surface area contributed by atoms with E-state index in [1.165, 1.54) is 0 Å². The lowest BCUT2D eigenvalue weighted by Gasteiger charge is -2.29. The summed E-state index contributed by atoms with van der Waals surface area (Å²) in [7, 11) is 0. The minimum absolute atomic E-state index is 0.183. The maximum atomic E-state index is 11.8. The lowest BCUT2D eigenvalue weighted by molar-refractivity contribution is -0.155. The fourth-order valence-corrected chi connectivity index (χ4v) is 2.82. The van der Waals surface area contributed by atoms with Gasteiger partial charge < -0.3 is 8.92 Å². The second-order valence-electron chi connectivity index (χ2n) is 6.59. The lowest BCUT2D eigenvalue weighted by atomic mass is 9.99. The van der Waals surface area contributed by atoms with Crippen LogP contribution in [0, 0.1) is 0 Å². The third-order valence-electron chi connectivity index (χ3n) is 3.49. The molecule has 1 atom stereocenters. The van der Waals surface area contributed by atoms with Gasteiger partial charge in [0.2, 0.25) is 0 Å². The van der Waals surface area contributed by atoms with Crippen molar-refractivity contribution in [1.82, 2.24) is 4.90 Å². The fraction of sp³-hybridized carbons (Fsp3) is 0.562. The molecule has 0 amide bonds. The predicted octanol–water partition coefficient (Wildman–Crippen LogP) is 2.29. The van der Waals surface area contributed by atoms with E-state index in [1.54, 1.807) is 12.1 Å². The van der Waals surface area contributed by atoms with E-state index in [0.717, 1.165) is 30.6 Å². The van der Waals surface area contributed by atoms with E-state index < -0.39 is 17.0 Å². The molecule has 1 unspecified atom stereocenters. The lowest BCUT2D eigenvalue weighted by Crippen LogP contribution is -2.33. The van der Waals surface area contributed by atoms with E-state index in [0.29, 0.717) is 18.7 Å². The molecular weight excluding hydrogens is 318 g/mol. The SMILES string of the molecule is CC(C)(C)OC(=O)CCN1CCc2cc(OS(=O)O)ccc2C1. The van der Waals surface area contributed by atoms with Gasteiger partial charge in [-0.05, 0) is 50.5 Å². The van der Waals surface area contributed by atoms with Crippen molar-refractivity contribution in [2.75, 3.05) is 13.1 Å². The third kappa shape index (κ3) is 5.93. The molecule has 0 saturated heterocycles. The van der Waals surface area contributed by atoms with Crippen molar-refractivity contribution in [2.45, 2.75) is 45.8 Å². The van der Waals surface area contributed by atoms with Crippen LogP contribution in [0.25, 0.3) is 0 Å². The molecule has 128 valence electrons. The van der Waals surface area contributed by atoms with Crippen LogP contribution in [0.2, 0.25) is 0 Å². The molecule has 0 aromatic heterocycles. The maximum Gasteiger partial charge on any atom is 0.357 e. The van der Waals surface area contributed by atoms with Gasteiger partial charge in [0.05, 0.1) is 6.42 Å². The zero-order chi connectivity index (χ0) is 17.0.